The third-order valence-corrected chi connectivity index (χ3v) is 7.05. The molecule has 3 rings (SSSR count). The number of halogens is 5. The number of H-pyrrole nitrogens is 1. The fourth-order valence-corrected chi connectivity index (χ4v) is 5.00. The van der Waals surface area contributed by atoms with Gasteiger partial charge in [0.15, 0.2) is 0 Å². The van der Waals surface area contributed by atoms with Crippen LogP contribution in [0.3, 0.4) is 0 Å². The highest BCUT2D eigenvalue weighted by atomic mass is 35.5. The van der Waals surface area contributed by atoms with Crippen LogP contribution in [0.15, 0.2) is 54.6 Å². The summed E-state index contributed by atoms with van der Waals surface area (Å²) in [5.41, 5.74) is 0.0269. The van der Waals surface area contributed by atoms with Crippen LogP contribution in [0.4, 0.5) is 24.5 Å². The molecular weight excluding hydrogens is 628 g/mol. The first-order valence-electron chi connectivity index (χ1n) is 13.0. The Morgan fingerprint density at radius 2 is 1.77 bits per heavy atom. The minimum Gasteiger partial charge on any atom is -0.461 e. The van der Waals surface area contributed by atoms with Gasteiger partial charge in [-0.1, -0.05) is 29.8 Å². The predicted molar refractivity (Wildman–Crippen MR) is 158 cm³/mol. The highest BCUT2D eigenvalue weighted by molar-refractivity contribution is 6.49. The summed E-state index contributed by atoms with van der Waals surface area (Å²) < 4.78 is 44.8. The molecule has 0 aliphatic heterocycles. The number of ether oxygens (including phenoxy) is 1. The van der Waals surface area contributed by atoms with Gasteiger partial charge in [0, 0.05) is 40.2 Å². The highest BCUT2D eigenvalue weighted by Gasteiger charge is 2.34. The second kappa shape index (κ2) is 14.4. The van der Waals surface area contributed by atoms with Crippen molar-refractivity contribution in [2.75, 3.05) is 17.4 Å². The predicted octanol–water partition coefficient (Wildman–Crippen LogP) is 6.27. The Morgan fingerprint density at radius 3 is 2.34 bits per heavy atom. The molecule has 2 amide bonds. The van der Waals surface area contributed by atoms with Crippen LogP contribution < -0.4 is 10.2 Å². The molecule has 0 bridgehead atoms. The van der Waals surface area contributed by atoms with Crippen molar-refractivity contribution in [2.24, 2.45) is 0 Å². The van der Waals surface area contributed by atoms with Gasteiger partial charge in [-0.15, -0.1) is 11.6 Å². The monoisotopic (exact) mass is 654 g/mol. The van der Waals surface area contributed by atoms with Crippen molar-refractivity contribution in [2.45, 2.75) is 39.5 Å². The van der Waals surface area contributed by atoms with Crippen molar-refractivity contribution in [3.63, 3.8) is 0 Å². The van der Waals surface area contributed by atoms with Crippen LogP contribution in [0, 0.1) is 24.0 Å². The molecule has 0 saturated heterocycles. The zero-order valence-electron chi connectivity index (χ0n) is 23.6. The molecule has 1 aromatic heterocycles. The molecule has 2 N–H and O–H groups in total. The van der Waals surface area contributed by atoms with E-state index in [1.54, 1.807) is 20.8 Å². The van der Waals surface area contributed by atoms with Crippen molar-refractivity contribution in [3.8, 4) is 0 Å². The van der Waals surface area contributed by atoms with Crippen LogP contribution in [0.25, 0.3) is 5.03 Å². The lowest BCUT2D eigenvalue weighted by Crippen LogP contribution is -2.49. The summed E-state index contributed by atoms with van der Waals surface area (Å²) in [6.45, 7) is 4.61. The molecule has 10 nitrogen and oxygen atoms in total. The topological polar surface area (TPSA) is 135 Å². The maximum atomic E-state index is 13.7. The van der Waals surface area contributed by atoms with E-state index in [9.17, 15) is 37.7 Å². The fourth-order valence-electron chi connectivity index (χ4n) is 4.47. The Labute approximate surface area is 259 Å². The molecule has 0 spiro atoms. The van der Waals surface area contributed by atoms with E-state index in [2.05, 4.69) is 10.3 Å². The fraction of sp³-hybridized carbons (Fsp3) is 0.276. The van der Waals surface area contributed by atoms with Crippen LogP contribution in [0.5, 0.6) is 0 Å². The van der Waals surface area contributed by atoms with E-state index in [0.29, 0.717) is 16.8 Å². The minimum atomic E-state index is -4.66. The number of nitrogens with one attached hydrogen (secondary N) is 2. The van der Waals surface area contributed by atoms with Crippen LogP contribution in [-0.2, 0) is 27.0 Å². The van der Waals surface area contributed by atoms with Gasteiger partial charge >= 0.3 is 12.1 Å². The van der Waals surface area contributed by atoms with Crippen LogP contribution in [-0.4, -0.2) is 46.2 Å². The lowest BCUT2D eigenvalue weighted by molar-refractivity contribution is -0.385. The minimum absolute atomic E-state index is 0.0862. The van der Waals surface area contributed by atoms with Gasteiger partial charge in [-0.3, -0.25) is 24.6 Å². The lowest BCUT2D eigenvalue weighted by Gasteiger charge is -2.29. The number of anilines is 1. The van der Waals surface area contributed by atoms with Crippen molar-refractivity contribution in [3.05, 3.63) is 98.4 Å². The van der Waals surface area contributed by atoms with E-state index in [-0.39, 0.29) is 40.8 Å². The first-order valence-corrected chi connectivity index (χ1v) is 13.9. The molecule has 44 heavy (non-hydrogen) atoms. The number of esters is 1. The molecule has 0 aliphatic rings. The first-order chi connectivity index (χ1) is 20.7. The molecule has 1 heterocycles. The number of para-hydroxylation sites is 1. The number of aromatic nitrogens is 1. The number of carbonyl (C=O) groups excluding carboxylic acids is 3. The van der Waals surface area contributed by atoms with Crippen LogP contribution in [0.1, 0.15) is 45.4 Å². The average Bonchev–Trinajstić information content (AvgIpc) is 3.28. The summed E-state index contributed by atoms with van der Waals surface area (Å²) in [7, 11) is 0. The highest BCUT2D eigenvalue weighted by Crippen LogP contribution is 2.33. The van der Waals surface area contributed by atoms with Crippen molar-refractivity contribution >= 4 is 57.4 Å². The molecule has 0 saturated carbocycles. The Kier molecular flexibility index (Phi) is 11.2. The van der Waals surface area contributed by atoms with E-state index >= 15 is 0 Å². The summed E-state index contributed by atoms with van der Waals surface area (Å²) in [5, 5.41) is 13.9. The molecule has 15 heteroatoms. The SMILES string of the molecule is CCOC(=O)c1[nH]c(C)c(/C(Cl)=C/C(C(=O)NCc2ccccc2[N+](=O)[O-])N(C(=O)CCl)c2ccc(C(F)(F)F)cc2)c1C. The van der Waals surface area contributed by atoms with E-state index in [4.69, 9.17) is 27.9 Å². The number of nitro groups is 1. The number of nitro benzene ring substituents is 1. The molecule has 0 aliphatic carbocycles. The third kappa shape index (κ3) is 7.77. The third-order valence-electron chi connectivity index (χ3n) is 6.50. The maximum Gasteiger partial charge on any atom is 0.416 e. The number of hydrogen-bond acceptors (Lipinski definition) is 6. The normalized spacial score (nSPS) is 12.4. The molecule has 3 aromatic rings. The first kappa shape index (κ1) is 34.1. The van der Waals surface area contributed by atoms with E-state index in [1.165, 1.54) is 30.3 Å². The number of amides is 2. The quantitative estimate of drug-likeness (QED) is 0.108. The van der Waals surface area contributed by atoms with Crippen molar-refractivity contribution < 1.29 is 37.2 Å². The Balaban J connectivity index is 2.14. The standard InChI is InChI=1S/C29H27Cl2F3N4O6/c1-4-44-28(41)26-16(2)25(17(3)36-26)21(31)13-23(27(40)35-15-18-7-5-6-8-22(18)38(42)43)37(24(39)14-30)20-11-9-19(10-12-20)29(32,33)34/h5-13,23,36H,4,14-15H2,1-3H3,(H,35,40)/b21-13-. The largest absolute Gasteiger partial charge is 0.461 e. The molecule has 1 atom stereocenters. The van der Waals surface area contributed by atoms with E-state index < -0.39 is 46.4 Å². The number of benzene rings is 2. The number of rotatable bonds is 11. The Hall–Kier alpha value is -4.36. The summed E-state index contributed by atoms with van der Waals surface area (Å²) >= 11 is 12.6. The number of hydrogen-bond donors (Lipinski definition) is 2. The zero-order valence-corrected chi connectivity index (χ0v) is 25.1. The van der Waals surface area contributed by atoms with Crippen LogP contribution >= 0.6 is 23.2 Å². The average molecular weight is 655 g/mol. The molecule has 234 valence electrons. The number of aryl methyl sites for hydroxylation is 1. The maximum absolute atomic E-state index is 13.7. The Bertz CT molecular complexity index is 1590. The number of alkyl halides is 4. The zero-order chi connectivity index (χ0) is 32.8. The van der Waals surface area contributed by atoms with Crippen molar-refractivity contribution in [1.29, 1.82) is 0 Å². The van der Waals surface area contributed by atoms with Gasteiger partial charge in [0.25, 0.3) is 5.69 Å². The van der Waals surface area contributed by atoms with E-state index in [1.807, 2.05) is 0 Å². The Morgan fingerprint density at radius 1 is 1.14 bits per heavy atom. The second-order valence-electron chi connectivity index (χ2n) is 9.35. The van der Waals surface area contributed by atoms with Gasteiger partial charge in [0.1, 0.15) is 17.6 Å². The lowest BCUT2D eigenvalue weighted by atomic mass is 10.1. The van der Waals surface area contributed by atoms with Gasteiger partial charge in [0.05, 0.1) is 17.1 Å². The summed E-state index contributed by atoms with van der Waals surface area (Å²) in [6, 6.07) is 7.54. The summed E-state index contributed by atoms with van der Waals surface area (Å²) in [5.74, 6) is -3.04. The number of nitrogens with zero attached hydrogens (tertiary/aromatic N) is 2. The molecule has 0 radical (unpaired) electrons. The summed E-state index contributed by atoms with van der Waals surface area (Å²) in [6.07, 6.45) is -3.49. The van der Waals surface area contributed by atoms with Crippen LogP contribution in [0.2, 0.25) is 0 Å². The number of carbonyl (C=O) groups is 3. The summed E-state index contributed by atoms with van der Waals surface area (Å²) in [4.78, 5) is 53.9. The molecule has 2 aromatic carbocycles. The van der Waals surface area contributed by atoms with Gasteiger partial charge < -0.3 is 15.0 Å². The number of aromatic amines is 1. The van der Waals surface area contributed by atoms with Gasteiger partial charge in [-0.05, 0) is 56.7 Å². The van der Waals surface area contributed by atoms with Crippen molar-refractivity contribution in [1.82, 2.24) is 10.3 Å². The molecular formula is C29H27Cl2F3N4O6. The van der Waals surface area contributed by atoms with Gasteiger partial charge in [-0.25, -0.2) is 4.79 Å². The van der Waals surface area contributed by atoms with Gasteiger partial charge in [0.2, 0.25) is 11.8 Å². The smallest absolute Gasteiger partial charge is 0.416 e. The van der Waals surface area contributed by atoms with Gasteiger partial charge in [-0.2, -0.15) is 13.2 Å². The molecule has 1 unspecified atom stereocenters. The van der Waals surface area contributed by atoms with E-state index in [0.717, 1.165) is 29.2 Å². The molecule has 0 fully saturated rings. The second-order valence-corrected chi connectivity index (χ2v) is 10.0.